The number of carbonyl (C=O) groups is 2. The molecule has 0 spiro atoms. The van der Waals surface area contributed by atoms with E-state index in [1.165, 1.54) is 0 Å². The number of nitrogens with zero attached hydrogens (tertiary/aromatic N) is 1. The fourth-order valence-electron chi connectivity index (χ4n) is 3.18. The minimum atomic E-state index is -0.322. The summed E-state index contributed by atoms with van der Waals surface area (Å²) in [5.74, 6) is 1.44. The first-order valence-corrected chi connectivity index (χ1v) is 10.6. The molecule has 0 bridgehead atoms. The molecule has 0 atom stereocenters. The van der Waals surface area contributed by atoms with Crippen LogP contribution in [0.4, 0.5) is 16.2 Å². The van der Waals surface area contributed by atoms with Gasteiger partial charge in [-0.1, -0.05) is 6.07 Å². The van der Waals surface area contributed by atoms with Crippen LogP contribution in [0.15, 0.2) is 53.1 Å². The highest BCUT2D eigenvalue weighted by molar-refractivity contribution is 5.96. The van der Waals surface area contributed by atoms with E-state index in [1.54, 1.807) is 19.4 Å². The van der Waals surface area contributed by atoms with Gasteiger partial charge in [-0.15, -0.1) is 0 Å². The Morgan fingerprint density at radius 2 is 1.91 bits per heavy atom. The van der Waals surface area contributed by atoms with E-state index in [9.17, 15) is 9.59 Å². The number of rotatable bonds is 8. The molecular weight excluding hydrogens is 408 g/mol. The molecule has 8 nitrogen and oxygen atoms in total. The van der Waals surface area contributed by atoms with Gasteiger partial charge in [-0.25, -0.2) is 9.78 Å². The zero-order valence-corrected chi connectivity index (χ0v) is 18.1. The van der Waals surface area contributed by atoms with E-state index in [0.29, 0.717) is 30.2 Å². The summed E-state index contributed by atoms with van der Waals surface area (Å²) in [5.41, 5.74) is 3.84. The second-order valence-corrected chi connectivity index (χ2v) is 7.80. The van der Waals surface area contributed by atoms with Gasteiger partial charge in [-0.3, -0.25) is 4.79 Å². The average Bonchev–Trinajstić information content (AvgIpc) is 3.55. The third-order valence-corrected chi connectivity index (χ3v) is 5.26. The zero-order valence-electron chi connectivity index (χ0n) is 18.1. The molecule has 2 aromatic carbocycles. The Morgan fingerprint density at radius 1 is 1.12 bits per heavy atom. The average molecular weight is 434 g/mol. The molecule has 32 heavy (non-hydrogen) atoms. The van der Waals surface area contributed by atoms with Gasteiger partial charge < -0.3 is 25.1 Å². The maximum absolute atomic E-state index is 12.3. The Labute approximate surface area is 186 Å². The molecule has 166 valence electrons. The predicted octanol–water partition coefficient (Wildman–Crippen LogP) is 4.37. The van der Waals surface area contributed by atoms with Gasteiger partial charge in [0.15, 0.2) is 0 Å². The van der Waals surface area contributed by atoms with Crippen LogP contribution in [0.5, 0.6) is 5.75 Å². The largest absolute Gasteiger partial charge is 0.497 e. The molecular formula is C24H26N4O4. The van der Waals surface area contributed by atoms with Crippen LogP contribution in [-0.4, -0.2) is 30.6 Å². The monoisotopic (exact) mass is 434 g/mol. The first-order valence-electron chi connectivity index (χ1n) is 10.6. The molecule has 0 saturated heterocycles. The molecule has 4 rings (SSSR count). The molecule has 3 amide bonds. The molecule has 1 aliphatic rings. The standard InChI is InChI=1S/C24H26N4O4/c1-15-3-8-18(26-22(29)16-4-5-16)13-21(15)28-24(30)25-12-11-19-14-32-23(27-19)17-6-9-20(31-2)10-7-17/h3,6-10,13-14,16H,4-5,11-12H2,1-2H3,(H,26,29)(H2,25,28,30). The van der Waals surface area contributed by atoms with Gasteiger partial charge in [-0.2, -0.15) is 0 Å². The SMILES string of the molecule is COc1ccc(-c2nc(CCNC(=O)Nc3cc(NC(=O)C4CC4)ccc3C)co2)cc1. The number of oxazole rings is 1. The Bertz CT molecular complexity index is 1100. The number of amides is 3. The maximum Gasteiger partial charge on any atom is 0.319 e. The highest BCUT2D eigenvalue weighted by Gasteiger charge is 2.29. The first-order chi connectivity index (χ1) is 15.5. The van der Waals surface area contributed by atoms with Crippen LogP contribution in [0.2, 0.25) is 0 Å². The fraction of sp³-hybridized carbons (Fsp3) is 0.292. The summed E-state index contributed by atoms with van der Waals surface area (Å²) in [6.07, 6.45) is 4.01. The fourth-order valence-corrected chi connectivity index (χ4v) is 3.18. The summed E-state index contributed by atoms with van der Waals surface area (Å²) in [6, 6.07) is 12.6. The molecule has 8 heteroatoms. The lowest BCUT2D eigenvalue weighted by atomic mass is 10.1. The zero-order chi connectivity index (χ0) is 22.5. The van der Waals surface area contributed by atoms with Crippen molar-refractivity contribution in [2.24, 2.45) is 5.92 Å². The molecule has 0 radical (unpaired) electrons. The number of anilines is 2. The Kier molecular flexibility index (Phi) is 6.39. The summed E-state index contributed by atoms with van der Waals surface area (Å²) < 4.78 is 10.7. The van der Waals surface area contributed by atoms with Crippen molar-refractivity contribution in [3.63, 3.8) is 0 Å². The number of aryl methyl sites for hydroxylation is 1. The van der Waals surface area contributed by atoms with Gasteiger partial charge in [0, 0.05) is 35.8 Å². The minimum Gasteiger partial charge on any atom is -0.497 e. The van der Waals surface area contributed by atoms with Crippen molar-refractivity contribution in [3.8, 4) is 17.2 Å². The third-order valence-electron chi connectivity index (χ3n) is 5.26. The summed E-state index contributed by atoms with van der Waals surface area (Å²) in [7, 11) is 1.62. The highest BCUT2D eigenvalue weighted by Crippen LogP contribution is 2.31. The first kappa shape index (κ1) is 21.4. The van der Waals surface area contributed by atoms with Gasteiger partial charge in [0.2, 0.25) is 11.8 Å². The number of nitrogens with one attached hydrogen (secondary N) is 3. The quantitative estimate of drug-likeness (QED) is 0.488. The van der Waals surface area contributed by atoms with Crippen LogP contribution < -0.4 is 20.7 Å². The Hall–Kier alpha value is -3.81. The van der Waals surface area contributed by atoms with Crippen LogP contribution in [0.1, 0.15) is 24.1 Å². The van der Waals surface area contributed by atoms with Crippen molar-refractivity contribution in [1.29, 1.82) is 0 Å². The van der Waals surface area contributed by atoms with Crippen molar-refractivity contribution >= 4 is 23.3 Å². The van der Waals surface area contributed by atoms with Gasteiger partial charge in [-0.05, 0) is 61.7 Å². The smallest absolute Gasteiger partial charge is 0.319 e. The van der Waals surface area contributed by atoms with Crippen LogP contribution in [0.25, 0.3) is 11.5 Å². The number of benzene rings is 2. The van der Waals surface area contributed by atoms with Crippen LogP contribution in [-0.2, 0) is 11.2 Å². The minimum absolute atomic E-state index is 0.0332. The van der Waals surface area contributed by atoms with Gasteiger partial charge >= 0.3 is 6.03 Å². The lowest BCUT2D eigenvalue weighted by molar-refractivity contribution is -0.117. The lowest BCUT2D eigenvalue weighted by Gasteiger charge is -2.12. The van der Waals surface area contributed by atoms with Gasteiger partial charge in [0.1, 0.15) is 12.0 Å². The van der Waals surface area contributed by atoms with E-state index in [1.807, 2.05) is 43.3 Å². The van der Waals surface area contributed by atoms with Crippen molar-refractivity contribution < 1.29 is 18.7 Å². The van der Waals surface area contributed by atoms with E-state index in [0.717, 1.165) is 35.4 Å². The number of hydrogen-bond donors (Lipinski definition) is 3. The van der Waals surface area contributed by atoms with E-state index < -0.39 is 0 Å². The molecule has 1 aromatic heterocycles. The van der Waals surface area contributed by atoms with E-state index in [-0.39, 0.29) is 17.9 Å². The van der Waals surface area contributed by atoms with E-state index >= 15 is 0 Å². The molecule has 0 aliphatic heterocycles. The van der Waals surface area contributed by atoms with Crippen LogP contribution in [0, 0.1) is 12.8 Å². The number of aromatic nitrogens is 1. The predicted molar refractivity (Wildman–Crippen MR) is 122 cm³/mol. The molecule has 1 heterocycles. The highest BCUT2D eigenvalue weighted by atomic mass is 16.5. The Morgan fingerprint density at radius 3 is 2.62 bits per heavy atom. The van der Waals surface area contributed by atoms with Crippen molar-refractivity contribution in [3.05, 3.63) is 60.0 Å². The normalized spacial score (nSPS) is 12.8. The summed E-state index contributed by atoms with van der Waals surface area (Å²) in [5, 5.41) is 8.56. The van der Waals surface area contributed by atoms with Crippen molar-refractivity contribution in [2.45, 2.75) is 26.2 Å². The molecule has 1 aliphatic carbocycles. The number of ether oxygens (including phenoxy) is 1. The van der Waals surface area contributed by atoms with Crippen molar-refractivity contribution in [1.82, 2.24) is 10.3 Å². The topological polar surface area (TPSA) is 105 Å². The lowest BCUT2D eigenvalue weighted by Crippen LogP contribution is -2.30. The number of urea groups is 1. The molecule has 1 saturated carbocycles. The third kappa shape index (κ3) is 5.46. The van der Waals surface area contributed by atoms with Crippen LogP contribution >= 0.6 is 0 Å². The summed E-state index contributed by atoms with van der Waals surface area (Å²) in [4.78, 5) is 28.8. The van der Waals surface area contributed by atoms with Gasteiger partial charge in [0.25, 0.3) is 0 Å². The second-order valence-electron chi connectivity index (χ2n) is 7.80. The van der Waals surface area contributed by atoms with E-state index in [4.69, 9.17) is 9.15 Å². The molecule has 1 fully saturated rings. The summed E-state index contributed by atoms with van der Waals surface area (Å²) >= 11 is 0. The number of hydrogen-bond acceptors (Lipinski definition) is 5. The Balaban J connectivity index is 1.27. The second kappa shape index (κ2) is 9.55. The van der Waals surface area contributed by atoms with Crippen LogP contribution in [0.3, 0.4) is 0 Å². The molecule has 0 unspecified atom stereocenters. The number of carbonyl (C=O) groups excluding carboxylic acids is 2. The van der Waals surface area contributed by atoms with E-state index in [2.05, 4.69) is 20.9 Å². The van der Waals surface area contributed by atoms with Gasteiger partial charge in [0.05, 0.1) is 12.8 Å². The number of methoxy groups -OCH3 is 1. The van der Waals surface area contributed by atoms with Crippen molar-refractivity contribution in [2.75, 3.05) is 24.3 Å². The molecule has 3 aromatic rings. The maximum atomic E-state index is 12.3. The molecule has 3 N–H and O–H groups in total. The summed E-state index contributed by atoms with van der Waals surface area (Å²) in [6.45, 7) is 2.30.